The molecule has 3 rings (SSSR count). The number of ether oxygens (including phenoxy) is 1. The SMILES string of the molecule is CCOc1ccc(C(=O)Nc2c(F)cccc2F)cc1CSc1ccccc1. The minimum absolute atomic E-state index is 0.301. The Kier molecular flexibility index (Phi) is 6.66. The largest absolute Gasteiger partial charge is 0.494 e. The number of hydrogen-bond acceptors (Lipinski definition) is 3. The molecule has 0 aliphatic rings. The van der Waals surface area contributed by atoms with Crippen molar-refractivity contribution in [1.29, 1.82) is 0 Å². The predicted octanol–water partition coefficient (Wildman–Crippen LogP) is 5.91. The first-order chi connectivity index (χ1) is 13.6. The molecule has 0 aliphatic carbocycles. The van der Waals surface area contributed by atoms with Crippen molar-refractivity contribution in [1.82, 2.24) is 0 Å². The molecule has 0 bridgehead atoms. The molecule has 0 aromatic heterocycles. The van der Waals surface area contributed by atoms with Crippen LogP contribution in [0.1, 0.15) is 22.8 Å². The third-order valence-electron chi connectivity index (χ3n) is 3.96. The average molecular weight is 399 g/mol. The molecule has 0 aliphatic heterocycles. The molecule has 0 atom stereocenters. The van der Waals surface area contributed by atoms with Gasteiger partial charge in [-0.1, -0.05) is 24.3 Å². The molecule has 0 saturated heterocycles. The van der Waals surface area contributed by atoms with Crippen LogP contribution < -0.4 is 10.1 Å². The molecule has 0 spiro atoms. The summed E-state index contributed by atoms with van der Waals surface area (Å²) in [6, 6.07) is 18.3. The Bertz CT molecular complexity index is 944. The third-order valence-corrected chi connectivity index (χ3v) is 5.02. The lowest BCUT2D eigenvalue weighted by Gasteiger charge is -2.13. The van der Waals surface area contributed by atoms with Gasteiger partial charge < -0.3 is 10.1 Å². The van der Waals surface area contributed by atoms with Crippen molar-refractivity contribution < 1.29 is 18.3 Å². The van der Waals surface area contributed by atoms with Crippen molar-refractivity contribution in [3.63, 3.8) is 0 Å². The van der Waals surface area contributed by atoms with Crippen LogP contribution in [0, 0.1) is 11.6 Å². The van der Waals surface area contributed by atoms with Crippen molar-refractivity contribution in [2.75, 3.05) is 11.9 Å². The lowest BCUT2D eigenvalue weighted by molar-refractivity contribution is 0.102. The summed E-state index contributed by atoms with van der Waals surface area (Å²) in [7, 11) is 0. The number of benzene rings is 3. The number of hydrogen-bond donors (Lipinski definition) is 1. The van der Waals surface area contributed by atoms with Gasteiger partial charge in [0.1, 0.15) is 23.1 Å². The zero-order chi connectivity index (χ0) is 19.9. The van der Waals surface area contributed by atoms with E-state index in [1.165, 1.54) is 6.07 Å². The summed E-state index contributed by atoms with van der Waals surface area (Å²) in [5.74, 6) is -0.954. The topological polar surface area (TPSA) is 38.3 Å². The van der Waals surface area contributed by atoms with Gasteiger partial charge in [-0.3, -0.25) is 4.79 Å². The van der Waals surface area contributed by atoms with E-state index in [-0.39, 0.29) is 0 Å². The number of anilines is 1. The van der Waals surface area contributed by atoms with Crippen molar-refractivity contribution in [3.05, 3.63) is 89.5 Å². The first-order valence-electron chi connectivity index (χ1n) is 8.77. The summed E-state index contributed by atoms with van der Waals surface area (Å²) < 4.78 is 33.3. The van der Waals surface area contributed by atoms with E-state index in [2.05, 4.69) is 5.32 Å². The molecule has 3 aromatic carbocycles. The van der Waals surface area contributed by atoms with Gasteiger partial charge in [-0.15, -0.1) is 11.8 Å². The van der Waals surface area contributed by atoms with Gasteiger partial charge in [0.2, 0.25) is 0 Å². The Morgan fingerprint density at radius 2 is 1.71 bits per heavy atom. The molecule has 3 nitrogen and oxygen atoms in total. The van der Waals surface area contributed by atoms with Crippen LogP contribution in [0.5, 0.6) is 5.75 Å². The lowest BCUT2D eigenvalue weighted by atomic mass is 10.1. The fraction of sp³-hybridized carbons (Fsp3) is 0.136. The number of carbonyl (C=O) groups is 1. The van der Waals surface area contributed by atoms with E-state index in [9.17, 15) is 13.6 Å². The average Bonchev–Trinajstić information content (AvgIpc) is 2.71. The molecule has 3 aromatic rings. The normalized spacial score (nSPS) is 10.5. The Labute approximate surface area is 166 Å². The van der Waals surface area contributed by atoms with Gasteiger partial charge in [-0.05, 0) is 49.4 Å². The number of nitrogens with one attached hydrogen (secondary N) is 1. The smallest absolute Gasteiger partial charge is 0.255 e. The van der Waals surface area contributed by atoms with Gasteiger partial charge >= 0.3 is 0 Å². The van der Waals surface area contributed by atoms with E-state index in [0.29, 0.717) is 23.7 Å². The van der Waals surface area contributed by atoms with Gasteiger partial charge in [-0.25, -0.2) is 8.78 Å². The maximum absolute atomic E-state index is 13.8. The second-order valence-corrected chi connectivity index (χ2v) is 6.96. The summed E-state index contributed by atoms with van der Waals surface area (Å²) in [4.78, 5) is 13.6. The fourth-order valence-corrected chi connectivity index (χ4v) is 3.51. The highest BCUT2D eigenvalue weighted by molar-refractivity contribution is 7.98. The van der Waals surface area contributed by atoms with Gasteiger partial charge in [0.25, 0.3) is 5.91 Å². The maximum Gasteiger partial charge on any atom is 0.255 e. The summed E-state index contributed by atoms with van der Waals surface area (Å²) in [6.45, 7) is 2.38. The molecule has 0 saturated carbocycles. The summed E-state index contributed by atoms with van der Waals surface area (Å²) in [5, 5.41) is 2.31. The first-order valence-corrected chi connectivity index (χ1v) is 9.76. The molecule has 0 heterocycles. The van der Waals surface area contributed by atoms with Gasteiger partial charge in [0, 0.05) is 21.8 Å². The molecule has 1 amide bonds. The van der Waals surface area contributed by atoms with Crippen molar-refractivity contribution in [3.8, 4) is 5.75 Å². The van der Waals surface area contributed by atoms with Crippen molar-refractivity contribution >= 4 is 23.4 Å². The lowest BCUT2D eigenvalue weighted by Crippen LogP contribution is -2.14. The van der Waals surface area contributed by atoms with Crippen LogP contribution in [-0.4, -0.2) is 12.5 Å². The van der Waals surface area contributed by atoms with E-state index < -0.39 is 23.2 Å². The van der Waals surface area contributed by atoms with Gasteiger partial charge in [0.05, 0.1) is 6.61 Å². The quantitative estimate of drug-likeness (QED) is 0.502. The highest BCUT2D eigenvalue weighted by Crippen LogP contribution is 2.29. The van der Waals surface area contributed by atoms with Crippen LogP contribution in [0.25, 0.3) is 0 Å². The predicted molar refractivity (Wildman–Crippen MR) is 108 cm³/mol. The van der Waals surface area contributed by atoms with Gasteiger partial charge in [-0.2, -0.15) is 0 Å². The maximum atomic E-state index is 13.8. The van der Waals surface area contributed by atoms with E-state index >= 15 is 0 Å². The second-order valence-electron chi connectivity index (χ2n) is 5.91. The second kappa shape index (κ2) is 9.37. The van der Waals surface area contributed by atoms with Crippen LogP contribution in [-0.2, 0) is 5.75 Å². The highest BCUT2D eigenvalue weighted by Gasteiger charge is 2.15. The number of amides is 1. The van der Waals surface area contributed by atoms with E-state index in [1.54, 1.807) is 30.0 Å². The summed E-state index contributed by atoms with van der Waals surface area (Å²) in [6.07, 6.45) is 0. The summed E-state index contributed by atoms with van der Waals surface area (Å²) in [5.41, 5.74) is 0.675. The molecular weight excluding hydrogens is 380 g/mol. The minimum atomic E-state index is -0.820. The monoisotopic (exact) mass is 399 g/mol. The number of carbonyl (C=O) groups excluding carboxylic acids is 1. The third kappa shape index (κ3) is 4.89. The van der Waals surface area contributed by atoms with E-state index in [1.807, 2.05) is 37.3 Å². The molecule has 0 fully saturated rings. The molecule has 144 valence electrons. The molecule has 0 unspecified atom stereocenters. The number of para-hydroxylation sites is 1. The number of halogens is 2. The van der Waals surface area contributed by atoms with E-state index in [0.717, 1.165) is 22.6 Å². The Balaban J connectivity index is 1.82. The van der Waals surface area contributed by atoms with E-state index in [4.69, 9.17) is 4.74 Å². The van der Waals surface area contributed by atoms with Crippen LogP contribution in [0.15, 0.2) is 71.6 Å². The van der Waals surface area contributed by atoms with Gasteiger partial charge in [0.15, 0.2) is 0 Å². The molecule has 28 heavy (non-hydrogen) atoms. The molecule has 1 N–H and O–H groups in total. The minimum Gasteiger partial charge on any atom is -0.494 e. The zero-order valence-electron chi connectivity index (χ0n) is 15.2. The Hall–Kier alpha value is -2.86. The fourth-order valence-electron chi connectivity index (χ4n) is 2.61. The molecule has 6 heteroatoms. The van der Waals surface area contributed by atoms with Crippen molar-refractivity contribution in [2.45, 2.75) is 17.6 Å². The summed E-state index contributed by atoms with van der Waals surface area (Å²) >= 11 is 1.61. The number of rotatable bonds is 7. The van der Waals surface area contributed by atoms with Crippen LogP contribution >= 0.6 is 11.8 Å². The van der Waals surface area contributed by atoms with Crippen LogP contribution in [0.2, 0.25) is 0 Å². The Morgan fingerprint density at radius 1 is 1.00 bits per heavy atom. The highest BCUT2D eigenvalue weighted by atomic mass is 32.2. The Morgan fingerprint density at radius 3 is 2.39 bits per heavy atom. The van der Waals surface area contributed by atoms with Crippen LogP contribution in [0.4, 0.5) is 14.5 Å². The van der Waals surface area contributed by atoms with Crippen molar-refractivity contribution in [2.24, 2.45) is 0 Å². The zero-order valence-corrected chi connectivity index (χ0v) is 16.1. The van der Waals surface area contributed by atoms with Crippen LogP contribution in [0.3, 0.4) is 0 Å². The first kappa shape index (κ1) is 19.9. The standard InChI is InChI=1S/C22H19F2NO2S/c1-2-27-20-12-11-15(13-16(20)14-28-17-7-4-3-5-8-17)22(26)25-21-18(23)9-6-10-19(21)24/h3-13H,2,14H2,1H3,(H,25,26). The molecular formula is C22H19F2NO2S. The molecule has 0 radical (unpaired) electrons. The number of thioether (sulfide) groups is 1.